The highest BCUT2D eigenvalue weighted by Gasteiger charge is 2.29. The zero-order valence-corrected chi connectivity index (χ0v) is 21.5. The molecule has 0 spiro atoms. The fraction of sp³-hybridized carbons (Fsp3) is 0.448. The van der Waals surface area contributed by atoms with Crippen LogP contribution in [0.15, 0.2) is 67.3 Å². The van der Waals surface area contributed by atoms with Crippen LogP contribution in [-0.4, -0.2) is 65.6 Å². The summed E-state index contributed by atoms with van der Waals surface area (Å²) in [4.78, 5) is 16.0. The molecule has 2 aliphatic heterocycles. The van der Waals surface area contributed by atoms with Gasteiger partial charge in [-0.05, 0) is 68.6 Å². The second kappa shape index (κ2) is 13.4. The molecule has 4 rings (SSSR count). The maximum atomic E-state index is 13.9. The summed E-state index contributed by atoms with van der Waals surface area (Å²) in [6.45, 7) is 10.1. The predicted octanol–water partition coefficient (Wildman–Crippen LogP) is 5.08. The summed E-state index contributed by atoms with van der Waals surface area (Å²) in [7, 11) is 0. The molecule has 0 saturated carbocycles. The van der Waals surface area contributed by atoms with E-state index in [1.807, 2.05) is 12.1 Å². The highest BCUT2D eigenvalue weighted by Crippen LogP contribution is 2.28. The summed E-state index contributed by atoms with van der Waals surface area (Å²) in [5.74, 6) is 0.721. The molecule has 0 amide bonds. The molecule has 2 saturated heterocycles. The molecule has 3 heterocycles. The van der Waals surface area contributed by atoms with Crippen molar-refractivity contribution in [3.63, 3.8) is 0 Å². The lowest BCUT2D eigenvalue weighted by atomic mass is 10.0. The third kappa shape index (κ3) is 7.46. The average molecular weight is 509 g/mol. The number of anilines is 2. The molecule has 8 heteroatoms. The van der Waals surface area contributed by atoms with Crippen molar-refractivity contribution >= 4 is 11.6 Å². The van der Waals surface area contributed by atoms with Crippen LogP contribution in [0.1, 0.15) is 42.9 Å². The first-order valence-corrected chi connectivity index (χ1v) is 13.2. The van der Waals surface area contributed by atoms with E-state index >= 15 is 0 Å². The monoisotopic (exact) mass is 508 g/mol. The van der Waals surface area contributed by atoms with Gasteiger partial charge in [0.1, 0.15) is 29.6 Å². The Hall–Kier alpha value is -3.10. The minimum atomic E-state index is -0.300. The summed E-state index contributed by atoms with van der Waals surface area (Å²) in [6, 6.07) is 7.19. The Kier molecular flexibility index (Phi) is 9.79. The van der Waals surface area contributed by atoms with Gasteiger partial charge in [-0.25, -0.2) is 18.7 Å². The van der Waals surface area contributed by atoms with Crippen LogP contribution in [0.25, 0.3) is 0 Å². The van der Waals surface area contributed by atoms with Gasteiger partial charge in [-0.15, -0.1) is 6.58 Å². The minimum absolute atomic E-state index is 0.204. The van der Waals surface area contributed by atoms with E-state index in [0.29, 0.717) is 18.7 Å². The van der Waals surface area contributed by atoms with Crippen LogP contribution in [0.2, 0.25) is 0 Å². The Morgan fingerprint density at radius 2 is 1.76 bits per heavy atom. The first-order valence-electron chi connectivity index (χ1n) is 13.2. The second-order valence-electron chi connectivity index (χ2n) is 9.73. The molecule has 0 bridgehead atoms. The molecule has 198 valence electrons. The van der Waals surface area contributed by atoms with E-state index in [1.54, 1.807) is 24.3 Å². The van der Waals surface area contributed by atoms with Gasteiger partial charge < -0.3 is 15.5 Å². The Balaban J connectivity index is 1.45. The highest BCUT2D eigenvalue weighted by atomic mass is 19.1. The molecule has 1 unspecified atom stereocenters. The summed E-state index contributed by atoms with van der Waals surface area (Å²) in [6.07, 6.45) is 12.5. The summed E-state index contributed by atoms with van der Waals surface area (Å²) >= 11 is 0. The second-order valence-corrected chi connectivity index (χ2v) is 9.73. The van der Waals surface area contributed by atoms with Crippen LogP contribution in [0.3, 0.4) is 0 Å². The van der Waals surface area contributed by atoms with Gasteiger partial charge in [-0.1, -0.05) is 30.7 Å². The Morgan fingerprint density at radius 3 is 2.46 bits per heavy atom. The molecule has 0 radical (unpaired) electrons. The molecule has 0 aliphatic carbocycles. The number of hydrogen-bond donors (Lipinski definition) is 1. The summed E-state index contributed by atoms with van der Waals surface area (Å²) < 4.78 is 27.6. The van der Waals surface area contributed by atoms with Crippen molar-refractivity contribution in [3.8, 4) is 0 Å². The SMILES string of the molecule is C=CC/C=C(F)\C=C/Cc1c(N)ncnc1N1CCN(C(CN2CCCCC2)c2ccc(F)cc2)CC1. The Labute approximate surface area is 219 Å². The van der Waals surface area contributed by atoms with Crippen molar-refractivity contribution in [1.82, 2.24) is 19.8 Å². The largest absolute Gasteiger partial charge is 0.383 e. The molecule has 1 atom stereocenters. The number of benzene rings is 1. The molecule has 1 aromatic carbocycles. The van der Waals surface area contributed by atoms with E-state index in [0.717, 1.165) is 62.8 Å². The van der Waals surface area contributed by atoms with Gasteiger partial charge in [0.15, 0.2) is 0 Å². The molecule has 2 aromatic rings. The van der Waals surface area contributed by atoms with E-state index in [4.69, 9.17) is 5.73 Å². The maximum absolute atomic E-state index is 13.9. The van der Waals surface area contributed by atoms with Gasteiger partial charge in [0, 0.05) is 44.3 Å². The lowest BCUT2D eigenvalue weighted by Crippen LogP contribution is -2.50. The first-order chi connectivity index (χ1) is 18.0. The smallest absolute Gasteiger partial charge is 0.137 e. The number of halogens is 2. The number of piperazine rings is 1. The number of hydrogen-bond acceptors (Lipinski definition) is 6. The van der Waals surface area contributed by atoms with Gasteiger partial charge in [0.05, 0.1) is 0 Å². The van der Waals surface area contributed by atoms with Crippen molar-refractivity contribution in [2.75, 3.05) is 56.4 Å². The van der Waals surface area contributed by atoms with Gasteiger partial charge >= 0.3 is 0 Å². The predicted molar refractivity (Wildman–Crippen MR) is 147 cm³/mol. The van der Waals surface area contributed by atoms with E-state index in [1.165, 1.54) is 37.7 Å². The van der Waals surface area contributed by atoms with Crippen molar-refractivity contribution in [3.05, 3.63) is 84.2 Å². The van der Waals surface area contributed by atoms with Crippen molar-refractivity contribution in [1.29, 1.82) is 0 Å². The van der Waals surface area contributed by atoms with Gasteiger partial charge in [-0.2, -0.15) is 0 Å². The number of allylic oxidation sites excluding steroid dienone is 5. The van der Waals surface area contributed by atoms with Crippen LogP contribution in [0.5, 0.6) is 0 Å². The van der Waals surface area contributed by atoms with Crippen molar-refractivity contribution in [2.45, 2.75) is 38.1 Å². The van der Waals surface area contributed by atoms with E-state index in [9.17, 15) is 8.78 Å². The first kappa shape index (κ1) is 26.9. The van der Waals surface area contributed by atoms with E-state index in [2.05, 4.69) is 31.2 Å². The standard InChI is InChI=1S/C29H38F2N6/c1-2-3-8-24(30)9-7-10-26-28(32)33-22-34-29(26)37-19-17-36(18-20-37)27(21-35-15-5-4-6-16-35)23-11-13-25(31)14-12-23/h2,7-9,11-14,22,27H,1,3-6,10,15-21H2,(H2,32,33,34)/b9-7-,24-8+. The highest BCUT2D eigenvalue weighted by molar-refractivity contribution is 5.57. The van der Waals surface area contributed by atoms with Crippen LogP contribution in [0.4, 0.5) is 20.4 Å². The molecule has 1 aromatic heterocycles. The Bertz CT molecular complexity index is 1070. The fourth-order valence-electron chi connectivity index (χ4n) is 5.19. The lowest BCUT2D eigenvalue weighted by Gasteiger charge is -2.42. The number of rotatable bonds is 10. The minimum Gasteiger partial charge on any atom is -0.383 e. The Morgan fingerprint density at radius 1 is 1.03 bits per heavy atom. The molecule has 37 heavy (non-hydrogen) atoms. The maximum Gasteiger partial charge on any atom is 0.137 e. The number of likely N-dealkylation sites (tertiary alicyclic amines) is 1. The van der Waals surface area contributed by atoms with Crippen molar-refractivity contribution in [2.24, 2.45) is 0 Å². The normalized spacial score (nSPS) is 18.9. The molecule has 2 aliphatic rings. The zero-order chi connectivity index (χ0) is 26.0. The quantitative estimate of drug-likeness (QED) is 0.357. The van der Waals surface area contributed by atoms with Gasteiger partial charge in [-0.3, -0.25) is 4.90 Å². The average Bonchev–Trinajstić information content (AvgIpc) is 2.93. The summed E-state index contributed by atoms with van der Waals surface area (Å²) in [5.41, 5.74) is 8.18. The number of nitrogens with zero attached hydrogens (tertiary/aromatic N) is 5. The number of nitrogen functional groups attached to an aromatic ring is 1. The van der Waals surface area contributed by atoms with Crippen LogP contribution >= 0.6 is 0 Å². The molecular weight excluding hydrogens is 470 g/mol. The topological polar surface area (TPSA) is 61.5 Å². The van der Waals surface area contributed by atoms with Crippen molar-refractivity contribution < 1.29 is 8.78 Å². The molecule has 2 N–H and O–H groups in total. The molecule has 2 fully saturated rings. The lowest BCUT2D eigenvalue weighted by molar-refractivity contribution is 0.119. The fourth-order valence-corrected chi connectivity index (χ4v) is 5.19. The van der Waals surface area contributed by atoms with Crippen LogP contribution in [0, 0.1) is 5.82 Å². The van der Waals surface area contributed by atoms with Crippen LogP contribution in [-0.2, 0) is 6.42 Å². The van der Waals surface area contributed by atoms with Crippen LogP contribution < -0.4 is 10.6 Å². The van der Waals surface area contributed by atoms with E-state index in [-0.39, 0.29) is 17.7 Å². The number of aromatic nitrogens is 2. The summed E-state index contributed by atoms with van der Waals surface area (Å²) in [5, 5.41) is 0. The molecule has 6 nitrogen and oxygen atoms in total. The number of piperidine rings is 1. The molecular formula is C29H38F2N6. The van der Waals surface area contributed by atoms with Gasteiger partial charge in [0.25, 0.3) is 0 Å². The number of nitrogens with two attached hydrogens (primary N) is 1. The van der Waals surface area contributed by atoms with E-state index < -0.39 is 0 Å². The van der Waals surface area contributed by atoms with Gasteiger partial charge in [0.2, 0.25) is 0 Å². The third-order valence-electron chi connectivity index (χ3n) is 7.22. The zero-order valence-electron chi connectivity index (χ0n) is 21.5. The third-order valence-corrected chi connectivity index (χ3v) is 7.22.